The van der Waals surface area contributed by atoms with Gasteiger partial charge in [0.2, 0.25) is 0 Å². The van der Waals surface area contributed by atoms with E-state index in [1.165, 1.54) is 0 Å². The molecule has 0 aromatic heterocycles. The maximum atomic E-state index is 6.37. The van der Waals surface area contributed by atoms with Crippen molar-refractivity contribution in [3.05, 3.63) is 30.3 Å². The van der Waals surface area contributed by atoms with Crippen molar-refractivity contribution in [1.29, 1.82) is 0 Å². The van der Waals surface area contributed by atoms with Crippen LogP contribution in [-0.2, 0) is 16.3 Å². The van der Waals surface area contributed by atoms with Gasteiger partial charge in [-0.25, -0.2) is 0 Å². The van der Waals surface area contributed by atoms with E-state index in [0.717, 1.165) is 5.30 Å². The second kappa shape index (κ2) is 5.18. The lowest BCUT2D eigenvalue weighted by atomic mass is 9.91. The van der Waals surface area contributed by atoms with Gasteiger partial charge in [0.1, 0.15) is 0 Å². The van der Waals surface area contributed by atoms with Crippen LogP contribution in [0.3, 0.4) is 0 Å². The van der Waals surface area contributed by atoms with E-state index in [1.807, 2.05) is 37.3 Å². The van der Waals surface area contributed by atoms with Crippen LogP contribution < -0.4 is 5.30 Å². The normalized spacial score (nSPS) is 17.8. The highest BCUT2D eigenvalue weighted by molar-refractivity contribution is 8.28. The van der Waals surface area contributed by atoms with Gasteiger partial charge >= 0.3 is 0 Å². The Balaban J connectivity index is 2.85. The third-order valence-corrected chi connectivity index (χ3v) is 5.80. The lowest BCUT2D eigenvalue weighted by molar-refractivity contribution is 0.121. The van der Waals surface area contributed by atoms with E-state index >= 15 is 0 Å². The second-order valence-corrected chi connectivity index (χ2v) is 10.2. The van der Waals surface area contributed by atoms with Crippen LogP contribution in [0, 0.1) is 5.41 Å². The number of benzene rings is 1. The minimum Gasteiger partial charge on any atom is -0.331 e. The predicted octanol–water partition coefficient (Wildman–Crippen LogP) is 4.31. The molecule has 16 heavy (non-hydrogen) atoms. The molecule has 1 aromatic rings. The fourth-order valence-electron chi connectivity index (χ4n) is 1.03. The van der Waals surface area contributed by atoms with Crippen molar-refractivity contribution < 1.29 is 4.52 Å². The molecular formula is C12H18ClOPS. The molecular weight excluding hydrogens is 259 g/mol. The van der Waals surface area contributed by atoms with Crippen molar-refractivity contribution >= 4 is 34.0 Å². The summed E-state index contributed by atoms with van der Waals surface area (Å²) in [6.45, 7) is 8.38. The summed E-state index contributed by atoms with van der Waals surface area (Å²) in [4.78, 5) is 0. The zero-order valence-corrected chi connectivity index (χ0v) is 12.6. The molecule has 0 saturated heterocycles. The molecule has 2 unspecified atom stereocenters. The molecule has 0 amide bonds. The molecule has 0 N–H and O–H groups in total. The van der Waals surface area contributed by atoms with Crippen LogP contribution in [-0.4, -0.2) is 6.10 Å². The summed E-state index contributed by atoms with van der Waals surface area (Å²) in [6, 6.07) is 9.68. The van der Waals surface area contributed by atoms with E-state index in [2.05, 4.69) is 20.8 Å². The number of halogens is 1. The first-order chi connectivity index (χ1) is 7.23. The lowest BCUT2D eigenvalue weighted by Crippen LogP contribution is -2.25. The largest absolute Gasteiger partial charge is 0.331 e. The summed E-state index contributed by atoms with van der Waals surface area (Å²) in [6.07, 6.45) is 0.0380. The molecule has 1 aromatic carbocycles. The van der Waals surface area contributed by atoms with E-state index in [0.29, 0.717) is 0 Å². The van der Waals surface area contributed by atoms with Crippen molar-refractivity contribution in [2.75, 3.05) is 0 Å². The molecule has 0 heterocycles. The molecule has 2 atom stereocenters. The van der Waals surface area contributed by atoms with Crippen LogP contribution in [0.15, 0.2) is 30.3 Å². The van der Waals surface area contributed by atoms with Crippen molar-refractivity contribution in [1.82, 2.24) is 0 Å². The average molecular weight is 277 g/mol. The number of rotatable bonds is 3. The Morgan fingerprint density at radius 1 is 1.25 bits per heavy atom. The quantitative estimate of drug-likeness (QED) is 0.761. The van der Waals surface area contributed by atoms with Crippen LogP contribution in [0.25, 0.3) is 0 Å². The lowest BCUT2D eigenvalue weighted by Gasteiger charge is -2.30. The maximum Gasteiger partial charge on any atom is 0.181 e. The Morgan fingerprint density at radius 3 is 2.19 bits per heavy atom. The Morgan fingerprint density at radius 2 is 1.75 bits per heavy atom. The fraction of sp³-hybridized carbons (Fsp3) is 0.500. The third-order valence-electron chi connectivity index (χ3n) is 2.58. The summed E-state index contributed by atoms with van der Waals surface area (Å²) >= 11 is 11.8. The zero-order valence-electron chi connectivity index (χ0n) is 10.1. The highest BCUT2D eigenvalue weighted by Gasteiger charge is 2.27. The standard InChI is InChI=1S/C12H18ClOPS/c1-10(12(2,3)4)14-15(13,16)11-8-6-5-7-9-11/h5-10H,1-4H3. The molecule has 0 aliphatic heterocycles. The first-order valence-corrected chi connectivity index (χ1v) is 8.90. The van der Waals surface area contributed by atoms with Crippen molar-refractivity contribution in [2.45, 2.75) is 33.8 Å². The SMILES string of the molecule is CC(OP(=S)(Cl)c1ccccc1)C(C)(C)C. The summed E-state index contributed by atoms with van der Waals surface area (Å²) in [5, 5.41) is 0.919. The van der Waals surface area contributed by atoms with Gasteiger partial charge in [-0.2, -0.15) is 0 Å². The van der Waals surface area contributed by atoms with Gasteiger partial charge in [-0.3, -0.25) is 0 Å². The minimum absolute atomic E-state index is 0.0380. The molecule has 0 spiro atoms. The summed E-state index contributed by atoms with van der Waals surface area (Å²) in [7, 11) is 0. The monoisotopic (exact) mass is 276 g/mol. The van der Waals surface area contributed by atoms with E-state index in [-0.39, 0.29) is 11.5 Å². The highest BCUT2D eigenvalue weighted by atomic mass is 35.7. The highest BCUT2D eigenvalue weighted by Crippen LogP contribution is 2.54. The summed E-state index contributed by atoms with van der Waals surface area (Å²) in [5.74, 6) is 0. The molecule has 0 radical (unpaired) electrons. The minimum atomic E-state index is -2.39. The molecule has 0 fully saturated rings. The topological polar surface area (TPSA) is 9.23 Å². The van der Waals surface area contributed by atoms with Crippen molar-refractivity contribution in [3.8, 4) is 0 Å². The second-order valence-electron chi connectivity index (χ2n) is 4.93. The van der Waals surface area contributed by atoms with Gasteiger partial charge in [0.25, 0.3) is 0 Å². The first-order valence-electron chi connectivity index (χ1n) is 5.27. The van der Waals surface area contributed by atoms with Gasteiger partial charge in [0.05, 0.1) is 6.10 Å². The number of hydrogen-bond acceptors (Lipinski definition) is 2. The Bertz CT molecular complexity index is 386. The van der Waals surface area contributed by atoms with Gasteiger partial charge in [0, 0.05) is 5.30 Å². The fourth-order valence-corrected chi connectivity index (χ4v) is 3.85. The molecule has 1 rings (SSSR count). The van der Waals surface area contributed by atoms with E-state index < -0.39 is 5.62 Å². The maximum absolute atomic E-state index is 6.37. The van der Waals surface area contributed by atoms with Crippen LogP contribution >= 0.6 is 16.9 Å². The molecule has 0 saturated carbocycles. The first kappa shape index (κ1) is 14.2. The molecule has 90 valence electrons. The molecule has 0 aliphatic rings. The van der Waals surface area contributed by atoms with Crippen LogP contribution in [0.4, 0.5) is 0 Å². The average Bonchev–Trinajstić information content (AvgIpc) is 2.17. The smallest absolute Gasteiger partial charge is 0.181 e. The van der Waals surface area contributed by atoms with Gasteiger partial charge in [-0.1, -0.05) is 62.3 Å². The van der Waals surface area contributed by atoms with E-state index in [4.69, 9.17) is 27.6 Å². The summed E-state index contributed by atoms with van der Waals surface area (Å²) < 4.78 is 5.88. The molecule has 4 heteroatoms. The number of hydrogen-bond donors (Lipinski definition) is 0. The zero-order chi connectivity index (χ0) is 12.4. The van der Waals surface area contributed by atoms with Gasteiger partial charge in [-0.05, 0) is 24.1 Å². The Hall–Kier alpha value is 0.120. The van der Waals surface area contributed by atoms with Crippen LogP contribution in [0.2, 0.25) is 0 Å². The van der Waals surface area contributed by atoms with E-state index in [1.54, 1.807) is 0 Å². The van der Waals surface area contributed by atoms with Gasteiger partial charge in [-0.15, -0.1) is 0 Å². The molecule has 0 aliphatic carbocycles. The molecule has 0 bridgehead atoms. The van der Waals surface area contributed by atoms with E-state index in [9.17, 15) is 0 Å². The van der Waals surface area contributed by atoms with Crippen molar-refractivity contribution in [2.24, 2.45) is 5.41 Å². The Kier molecular flexibility index (Phi) is 4.59. The Labute approximate surface area is 108 Å². The third kappa shape index (κ3) is 3.85. The molecule has 1 nitrogen and oxygen atoms in total. The van der Waals surface area contributed by atoms with Gasteiger partial charge in [0.15, 0.2) is 5.62 Å². The van der Waals surface area contributed by atoms with Crippen molar-refractivity contribution in [3.63, 3.8) is 0 Å². The predicted molar refractivity (Wildman–Crippen MR) is 76.2 cm³/mol. The van der Waals surface area contributed by atoms with Crippen LogP contribution in [0.5, 0.6) is 0 Å². The van der Waals surface area contributed by atoms with Crippen LogP contribution in [0.1, 0.15) is 27.7 Å². The van der Waals surface area contributed by atoms with Gasteiger partial charge < -0.3 is 4.52 Å². The summed E-state index contributed by atoms with van der Waals surface area (Å²) in [5.41, 5.74) is -2.34.